The first kappa shape index (κ1) is 11.3. The normalized spacial score (nSPS) is 10.7. The van der Waals surface area contributed by atoms with Crippen molar-refractivity contribution in [2.75, 3.05) is 6.61 Å². The third kappa shape index (κ3) is 1.89. The van der Waals surface area contributed by atoms with Crippen LogP contribution in [0, 0.1) is 0 Å². The van der Waals surface area contributed by atoms with E-state index in [1.165, 1.54) is 9.36 Å². The van der Waals surface area contributed by atoms with E-state index in [4.69, 9.17) is 10.2 Å². The first-order chi connectivity index (χ1) is 8.15. The molecule has 2 N–H and O–H groups in total. The summed E-state index contributed by atoms with van der Waals surface area (Å²) in [4.78, 5) is 11.0. The molecular formula is C9H11N5O3. The number of aromatic nitrogens is 5. The first-order valence-corrected chi connectivity index (χ1v) is 4.91. The van der Waals surface area contributed by atoms with Crippen molar-refractivity contribution in [1.82, 2.24) is 24.8 Å². The van der Waals surface area contributed by atoms with Crippen LogP contribution in [0.1, 0.15) is 10.5 Å². The molecule has 0 saturated carbocycles. The van der Waals surface area contributed by atoms with Gasteiger partial charge >= 0.3 is 5.97 Å². The summed E-state index contributed by atoms with van der Waals surface area (Å²) in [7, 11) is 1.69. The van der Waals surface area contributed by atoms with Crippen molar-refractivity contribution in [3.05, 3.63) is 18.0 Å². The lowest BCUT2D eigenvalue weighted by molar-refractivity contribution is 0.0691. The van der Waals surface area contributed by atoms with Crippen molar-refractivity contribution >= 4 is 5.97 Å². The minimum absolute atomic E-state index is 0.146. The van der Waals surface area contributed by atoms with Crippen LogP contribution in [0.5, 0.6) is 0 Å². The van der Waals surface area contributed by atoms with E-state index >= 15 is 0 Å². The van der Waals surface area contributed by atoms with Crippen molar-refractivity contribution in [3.63, 3.8) is 0 Å². The molecular weight excluding hydrogens is 226 g/mol. The molecule has 2 aromatic rings. The lowest BCUT2D eigenvalue weighted by Crippen LogP contribution is -2.09. The van der Waals surface area contributed by atoms with Crippen molar-refractivity contribution in [1.29, 1.82) is 0 Å². The van der Waals surface area contributed by atoms with Gasteiger partial charge in [-0.15, -0.1) is 5.10 Å². The van der Waals surface area contributed by atoms with Crippen LogP contribution in [-0.4, -0.2) is 47.6 Å². The number of carboxylic acid groups (broad SMARTS) is 1. The summed E-state index contributed by atoms with van der Waals surface area (Å²) in [5.74, 6) is -1.16. The van der Waals surface area contributed by atoms with Crippen LogP contribution in [0.25, 0.3) is 11.4 Å². The topological polar surface area (TPSA) is 106 Å². The highest BCUT2D eigenvalue weighted by atomic mass is 16.4. The highest BCUT2D eigenvalue weighted by Crippen LogP contribution is 2.21. The van der Waals surface area contributed by atoms with E-state index in [2.05, 4.69) is 15.4 Å². The highest BCUT2D eigenvalue weighted by Gasteiger charge is 2.22. The molecule has 0 aliphatic carbocycles. The summed E-state index contributed by atoms with van der Waals surface area (Å²) in [6, 6.07) is 1.67. The average molecular weight is 237 g/mol. The average Bonchev–Trinajstić information content (AvgIpc) is 2.84. The van der Waals surface area contributed by atoms with Gasteiger partial charge in [-0.05, 0) is 6.07 Å². The Labute approximate surface area is 96.1 Å². The summed E-state index contributed by atoms with van der Waals surface area (Å²) in [5, 5.41) is 29.2. The number of aliphatic hydroxyl groups excluding tert-OH is 1. The van der Waals surface area contributed by atoms with Gasteiger partial charge in [0.05, 0.1) is 18.8 Å². The monoisotopic (exact) mass is 237 g/mol. The van der Waals surface area contributed by atoms with Crippen LogP contribution >= 0.6 is 0 Å². The van der Waals surface area contributed by atoms with E-state index in [0.29, 0.717) is 11.4 Å². The zero-order valence-corrected chi connectivity index (χ0v) is 9.11. The molecule has 2 heterocycles. The van der Waals surface area contributed by atoms with Crippen molar-refractivity contribution in [2.45, 2.75) is 6.54 Å². The first-order valence-electron chi connectivity index (χ1n) is 4.91. The molecule has 0 bridgehead atoms. The van der Waals surface area contributed by atoms with Gasteiger partial charge in [0.15, 0.2) is 5.69 Å². The van der Waals surface area contributed by atoms with Crippen LogP contribution in [0.15, 0.2) is 12.3 Å². The van der Waals surface area contributed by atoms with Gasteiger partial charge in [0.25, 0.3) is 0 Å². The number of aromatic carboxylic acids is 1. The maximum Gasteiger partial charge on any atom is 0.358 e. The fourth-order valence-corrected chi connectivity index (χ4v) is 1.57. The van der Waals surface area contributed by atoms with Gasteiger partial charge in [-0.3, -0.25) is 4.68 Å². The lowest BCUT2D eigenvalue weighted by atomic mass is 10.2. The Bertz CT molecular complexity index is 545. The Morgan fingerprint density at radius 1 is 1.53 bits per heavy atom. The van der Waals surface area contributed by atoms with Crippen molar-refractivity contribution < 1.29 is 15.0 Å². The predicted octanol–water partition coefficient (Wildman–Crippen LogP) is -0.631. The number of carboxylic acids is 1. The quantitative estimate of drug-likeness (QED) is 0.733. The Balaban J connectivity index is 2.60. The van der Waals surface area contributed by atoms with Gasteiger partial charge in [-0.1, -0.05) is 5.21 Å². The molecule has 0 fully saturated rings. The zero-order valence-electron chi connectivity index (χ0n) is 9.11. The number of carbonyl (C=O) groups is 1. The lowest BCUT2D eigenvalue weighted by Gasteiger charge is -2.05. The third-order valence-corrected chi connectivity index (χ3v) is 2.31. The summed E-state index contributed by atoms with van der Waals surface area (Å²) in [6.45, 7) is 0.0358. The van der Waals surface area contributed by atoms with Gasteiger partial charge in [0.1, 0.15) is 5.69 Å². The molecule has 8 nitrogen and oxygen atoms in total. The Morgan fingerprint density at radius 3 is 2.82 bits per heavy atom. The minimum atomic E-state index is -1.16. The second-order valence-corrected chi connectivity index (χ2v) is 3.38. The van der Waals surface area contributed by atoms with Gasteiger partial charge in [-0.2, -0.15) is 5.10 Å². The largest absolute Gasteiger partial charge is 0.476 e. The highest BCUT2D eigenvalue weighted by molar-refractivity contribution is 5.92. The maximum atomic E-state index is 11.0. The molecule has 0 atom stereocenters. The van der Waals surface area contributed by atoms with Gasteiger partial charge in [-0.25, -0.2) is 9.48 Å². The van der Waals surface area contributed by atoms with Crippen LogP contribution in [0.4, 0.5) is 0 Å². The molecule has 17 heavy (non-hydrogen) atoms. The molecule has 8 heteroatoms. The number of aliphatic hydroxyl groups is 1. The SMILES string of the molecule is Cn1nccc1-c1c(C(=O)O)nnn1CCO. The molecule has 0 spiro atoms. The molecule has 0 saturated heterocycles. The fraction of sp³-hybridized carbons (Fsp3) is 0.333. The van der Waals surface area contributed by atoms with E-state index in [0.717, 1.165) is 0 Å². The standard InChI is InChI=1S/C9H11N5O3/c1-13-6(2-3-10-13)8-7(9(16)17)11-12-14(8)4-5-15/h2-3,15H,4-5H2,1H3,(H,16,17). The second-order valence-electron chi connectivity index (χ2n) is 3.38. The van der Waals surface area contributed by atoms with Crippen molar-refractivity contribution in [2.24, 2.45) is 7.05 Å². The van der Waals surface area contributed by atoms with E-state index in [9.17, 15) is 4.79 Å². The molecule has 2 aromatic heterocycles. The van der Waals surface area contributed by atoms with Crippen LogP contribution in [0.3, 0.4) is 0 Å². The van der Waals surface area contributed by atoms with Gasteiger partial charge in [0, 0.05) is 13.2 Å². The summed E-state index contributed by atoms with van der Waals surface area (Å²) >= 11 is 0. The van der Waals surface area contributed by atoms with Gasteiger partial charge < -0.3 is 10.2 Å². The van der Waals surface area contributed by atoms with E-state index in [1.54, 1.807) is 19.3 Å². The number of hydrogen-bond acceptors (Lipinski definition) is 5. The molecule has 90 valence electrons. The van der Waals surface area contributed by atoms with E-state index in [-0.39, 0.29) is 18.8 Å². The molecule has 0 aliphatic rings. The molecule has 0 radical (unpaired) electrons. The summed E-state index contributed by atoms with van der Waals surface area (Å²) in [6.07, 6.45) is 1.55. The van der Waals surface area contributed by atoms with Crippen LogP contribution < -0.4 is 0 Å². The molecule has 0 unspecified atom stereocenters. The molecule has 2 rings (SSSR count). The number of aryl methyl sites for hydroxylation is 1. The van der Waals surface area contributed by atoms with E-state index in [1.807, 2.05) is 0 Å². The fourth-order valence-electron chi connectivity index (χ4n) is 1.57. The minimum Gasteiger partial charge on any atom is -0.476 e. The summed E-state index contributed by atoms with van der Waals surface area (Å²) < 4.78 is 2.87. The van der Waals surface area contributed by atoms with Crippen LogP contribution in [0.2, 0.25) is 0 Å². The Kier molecular flexibility index (Phi) is 2.88. The van der Waals surface area contributed by atoms with E-state index < -0.39 is 5.97 Å². The summed E-state index contributed by atoms with van der Waals surface area (Å²) in [5.41, 5.74) is 0.773. The smallest absolute Gasteiger partial charge is 0.358 e. The zero-order chi connectivity index (χ0) is 12.4. The third-order valence-electron chi connectivity index (χ3n) is 2.31. The van der Waals surface area contributed by atoms with Crippen LogP contribution in [-0.2, 0) is 13.6 Å². The number of hydrogen-bond donors (Lipinski definition) is 2. The maximum absolute atomic E-state index is 11.0. The number of rotatable bonds is 4. The molecule has 0 aromatic carbocycles. The predicted molar refractivity (Wildman–Crippen MR) is 56.3 cm³/mol. The van der Waals surface area contributed by atoms with Gasteiger partial charge in [0.2, 0.25) is 0 Å². The molecule has 0 aliphatic heterocycles. The molecule has 0 amide bonds. The van der Waals surface area contributed by atoms with Crippen molar-refractivity contribution in [3.8, 4) is 11.4 Å². The number of nitrogens with zero attached hydrogens (tertiary/aromatic N) is 5. The Morgan fingerprint density at radius 2 is 2.29 bits per heavy atom. The second kappa shape index (κ2) is 4.34. The Hall–Kier alpha value is -2.22.